The number of amides is 1. The van der Waals surface area contributed by atoms with Crippen molar-refractivity contribution in [3.8, 4) is 0 Å². The van der Waals surface area contributed by atoms with Crippen molar-refractivity contribution >= 4 is 17.7 Å². The van der Waals surface area contributed by atoms with E-state index in [0.717, 1.165) is 16.5 Å². The number of rotatable bonds is 10. The molecule has 8 nitrogen and oxygen atoms in total. The summed E-state index contributed by atoms with van der Waals surface area (Å²) in [6.07, 6.45) is 1.63. The number of nitrogens with one attached hydrogen (secondary N) is 1. The van der Waals surface area contributed by atoms with E-state index in [9.17, 15) is 4.79 Å². The van der Waals surface area contributed by atoms with E-state index in [4.69, 9.17) is 14.9 Å². The van der Waals surface area contributed by atoms with Crippen molar-refractivity contribution < 1.29 is 13.9 Å². The molecule has 0 aliphatic carbocycles. The van der Waals surface area contributed by atoms with Crippen LogP contribution in [0.15, 0.2) is 58.3 Å². The highest BCUT2D eigenvalue weighted by Gasteiger charge is 2.30. The van der Waals surface area contributed by atoms with Crippen molar-refractivity contribution in [3.05, 3.63) is 65.9 Å². The van der Waals surface area contributed by atoms with Gasteiger partial charge in [-0.25, -0.2) is 0 Å². The average molecular weight is 472 g/mol. The van der Waals surface area contributed by atoms with Gasteiger partial charge in [-0.15, -0.1) is 10.2 Å². The second kappa shape index (κ2) is 10.5. The van der Waals surface area contributed by atoms with Gasteiger partial charge in [0, 0.05) is 4.75 Å². The van der Waals surface area contributed by atoms with Crippen LogP contribution in [0.5, 0.6) is 0 Å². The molecule has 1 atom stereocenters. The van der Waals surface area contributed by atoms with Crippen LogP contribution >= 0.6 is 11.8 Å². The second-order valence-corrected chi connectivity index (χ2v) is 11.3. The first-order valence-corrected chi connectivity index (χ1v) is 11.7. The van der Waals surface area contributed by atoms with E-state index in [0.29, 0.717) is 19.0 Å². The van der Waals surface area contributed by atoms with Gasteiger partial charge in [-0.3, -0.25) is 9.36 Å². The molecule has 0 aliphatic rings. The number of hydrogen-bond donors (Lipinski definition) is 2. The molecule has 1 amide bonds. The lowest BCUT2D eigenvalue weighted by molar-refractivity contribution is -0.126. The van der Waals surface area contributed by atoms with Gasteiger partial charge in [0.15, 0.2) is 11.0 Å². The number of thioether (sulfide) groups is 1. The number of benzene rings is 1. The number of nitrogens with two attached hydrogens (primary N) is 1. The van der Waals surface area contributed by atoms with Crippen molar-refractivity contribution in [1.82, 2.24) is 20.1 Å². The number of ether oxygens (including phenoxy) is 1. The van der Waals surface area contributed by atoms with Crippen LogP contribution < -0.4 is 11.1 Å². The highest BCUT2D eigenvalue weighted by Crippen LogP contribution is 2.32. The van der Waals surface area contributed by atoms with Crippen LogP contribution in [0.1, 0.15) is 57.8 Å². The molecule has 0 bridgehead atoms. The van der Waals surface area contributed by atoms with Gasteiger partial charge in [-0.1, -0.05) is 62.9 Å². The fourth-order valence-electron chi connectivity index (χ4n) is 3.01. The summed E-state index contributed by atoms with van der Waals surface area (Å²) in [5, 5.41) is 12.6. The first-order chi connectivity index (χ1) is 15.5. The van der Waals surface area contributed by atoms with Crippen molar-refractivity contribution in [2.45, 2.75) is 69.3 Å². The number of carbonyl (C=O) groups is 1. The third-order valence-corrected chi connectivity index (χ3v) is 5.73. The second-order valence-electron chi connectivity index (χ2n) is 9.47. The molecule has 3 rings (SSSR count). The minimum atomic E-state index is -1.05. The summed E-state index contributed by atoms with van der Waals surface area (Å²) in [7, 11) is 0. The standard InChI is InChI=1S/C24H33N5O3S/c1-23(2,3)33-22-28-27-20(29(22)14-18-12-9-13-32-18)19(26-21(30)24(4,5)25)16-31-15-17-10-7-6-8-11-17/h6-13,19H,14-16,25H2,1-5H3,(H,26,30). The fourth-order valence-corrected chi connectivity index (χ4v) is 3.91. The van der Waals surface area contributed by atoms with E-state index in [1.807, 2.05) is 47.0 Å². The Hall–Kier alpha value is -2.62. The largest absolute Gasteiger partial charge is 0.467 e. The first-order valence-electron chi connectivity index (χ1n) is 10.9. The number of aromatic nitrogens is 3. The van der Waals surface area contributed by atoms with Crippen LogP contribution in [-0.2, 0) is 22.7 Å². The molecule has 2 heterocycles. The maximum Gasteiger partial charge on any atom is 0.240 e. The molecule has 1 aromatic carbocycles. The lowest BCUT2D eigenvalue weighted by Crippen LogP contribution is -2.51. The minimum absolute atomic E-state index is 0.0764. The molecule has 0 saturated carbocycles. The zero-order chi connectivity index (χ0) is 24.1. The van der Waals surface area contributed by atoms with Crippen LogP contribution in [0.25, 0.3) is 0 Å². The molecule has 33 heavy (non-hydrogen) atoms. The van der Waals surface area contributed by atoms with Gasteiger partial charge >= 0.3 is 0 Å². The van der Waals surface area contributed by atoms with Crippen molar-refractivity contribution in [3.63, 3.8) is 0 Å². The summed E-state index contributed by atoms with van der Waals surface area (Å²) in [4.78, 5) is 12.8. The van der Waals surface area contributed by atoms with Gasteiger partial charge in [0.2, 0.25) is 5.91 Å². The van der Waals surface area contributed by atoms with E-state index >= 15 is 0 Å². The molecule has 0 saturated heterocycles. The predicted octanol–water partition coefficient (Wildman–Crippen LogP) is 3.92. The van der Waals surface area contributed by atoms with Gasteiger partial charge in [0.1, 0.15) is 11.8 Å². The van der Waals surface area contributed by atoms with Crippen LogP contribution in [0.2, 0.25) is 0 Å². The SMILES string of the molecule is CC(C)(C)Sc1nnc(C(COCc2ccccc2)NC(=O)C(C)(C)N)n1Cc1ccco1. The Morgan fingerprint density at radius 3 is 2.48 bits per heavy atom. The van der Waals surface area contributed by atoms with Crippen LogP contribution in [0, 0.1) is 0 Å². The summed E-state index contributed by atoms with van der Waals surface area (Å²) >= 11 is 1.60. The molecule has 3 aromatic rings. The Kier molecular flexibility index (Phi) is 7.99. The minimum Gasteiger partial charge on any atom is -0.467 e. The number of nitrogens with zero attached hydrogens (tertiary/aromatic N) is 3. The Morgan fingerprint density at radius 1 is 1.15 bits per heavy atom. The van der Waals surface area contributed by atoms with Gasteiger partial charge in [-0.2, -0.15) is 0 Å². The molecule has 1 unspecified atom stereocenters. The summed E-state index contributed by atoms with van der Waals surface area (Å²) in [6, 6.07) is 13.1. The van der Waals surface area contributed by atoms with E-state index in [2.05, 4.69) is 36.3 Å². The van der Waals surface area contributed by atoms with E-state index in [1.54, 1.807) is 31.9 Å². The van der Waals surface area contributed by atoms with Crippen molar-refractivity contribution in [2.75, 3.05) is 6.61 Å². The topological polar surface area (TPSA) is 108 Å². The normalized spacial score (nSPS) is 13.2. The molecule has 2 aromatic heterocycles. The maximum absolute atomic E-state index is 12.8. The lowest BCUT2D eigenvalue weighted by Gasteiger charge is -2.25. The van der Waals surface area contributed by atoms with E-state index in [-0.39, 0.29) is 17.3 Å². The van der Waals surface area contributed by atoms with Crippen molar-refractivity contribution in [1.29, 1.82) is 0 Å². The number of furan rings is 1. The Balaban J connectivity index is 1.90. The molecule has 178 valence electrons. The summed E-state index contributed by atoms with van der Waals surface area (Å²) in [6.45, 7) is 10.7. The quantitative estimate of drug-likeness (QED) is 0.431. The molecular weight excluding hydrogens is 438 g/mol. The molecule has 0 radical (unpaired) electrons. The highest BCUT2D eigenvalue weighted by molar-refractivity contribution is 8.00. The Morgan fingerprint density at radius 2 is 1.88 bits per heavy atom. The number of hydrogen-bond acceptors (Lipinski definition) is 7. The van der Waals surface area contributed by atoms with Gasteiger partial charge in [0.05, 0.1) is 31.6 Å². The highest BCUT2D eigenvalue weighted by atomic mass is 32.2. The van der Waals surface area contributed by atoms with Crippen molar-refractivity contribution in [2.24, 2.45) is 5.73 Å². The Bertz CT molecular complexity index is 1020. The van der Waals surface area contributed by atoms with Crippen LogP contribution in [0.4, 0.5) is 0 Å². The molecule has 3 N–H and O–H groups in total. The molecular formula is C24H33N5O3S. The van der Waals surface area contributed by atoms with Gasteiger partial charge < -0.3 is 20.2 Å². The van der Waals surface area contributed by atoms with E-state index in [1.165, 1.54) is 0 Å². The van der Waals surface area contributed by atoms with Crippen LogP contribution in [0.3, 0.4) is 0 Å². The van der Waals surface area contributed by atoms with Gasteiger partial charge in [-0.05, 0) is 31.5 Å². The zero-order valence-corrected chi connectivity index (χ0v) is 20.7. The first kappa shape index (κ1) is 25.0. The number of carbonyl (C=O) groups excluding carboxylic acids is 1. The molecule has 0 spiro atoms. The third kappa shape index (κ3) is 7.45. The van der Waals surface area contributed by atoms with E-state index < -0.39 is 11.6 Å². The maximum atomic E-state index is 12.8. The smallest absolute Gasteiger partial charge is 0.240 e. The summed E-state index contributed by atoms with van der Waals surface area (Å²) in [5.74, 6) is 1.05. The summed E-state index contributed by atoms with van der Waals surface area (Å²) in [5.41, 5.74) is 6.04. The molecule has 9 heteroatoms. The monoisotopic (exact) mass is 471 g/mol. The third-order valence-electron chi connectivity index (χ3n) is 4.64. The predicted molar refractivity (Wildman–Crippen MR) is 129 cm³/mol. The Labute approximate surface area is 199 Å². The van der Waals surface area contributed by atoms with Gasteiger partial charge in [0.25, 0.3) is 0 Å². The molecule has 0 fully saturated rings. The average Bonchev–Trinajstić information content (AvgIpc) is 3.37. The fraction of sp³-hybridized carbons (Fsp3) is 0.458. The molecule has 0 aliphatic heterocycles. The summed E-state index contributed by atoms with van der Waals surface area (Å²) < 4.78 is 13.5. The lowest BCUT2D eigenvalue weighted by atomic mass is 10.1. The zero-order valence-electron chi connectivity index (χ0n) is 19.9. The van der Waals surface area contributed by atoms with Crippen LogP contribution in [-0.4, -0.2) is 37.6 Å².